The van der Waals surface area contributed by atoms with Gasteiger partial charge in [0.05, 0.1) is 0 Å². The van der Waals surface area contributed by atoms with Crippen LogP contribution in [0.2, 0.25) is 0 Å². The molecule has 0 aliphatic carbocycles. The normalized spacial score (nSPS) is 25.5. The molecular formula is C17H25NO. The Morgan fingerprint density at radius 3 is 3.00 bits per heavy atom. The molecule has 0 saturated carbocycles. The number of nitrogens with one attached hydrogen (secondary N) is 1. The largest absolute Gasteiger partial charge is 0.488 e. The highest BCUT2D eigenvalue weighted by Gasteiger charge is 2.26. The van der Waals surface area contributed by atoms with Gasteiger partial charge in [0.25, 0.3) is 0 Å². The van der Waals surface area contributed by atoms with Crippen molar-refractivity contribution >= 4 is 0 Å². The van der Waals surface area contributed by atoms with Crippen LogP contribution in [0.15, 0.2) is 18.2 Å². The number of benzene rings is 1. The summed E-state index contributed by atoms with van der Waals surface area (Å²) < 4.78 is 6.13. The minimum atomic E-state index is -0.00525. The van der Waals surface area contributed by atoms with E-state index in [4.69, 9.17) is 4.74 Å². The van der Waals surface area contributed by atoms with Crippen LogP contribution in [-0.4, -0.2) is 18.2 Å². The number of fused-ring (bicyclic) bond motifs is 1. The number of rotatable bonds is 2. The standard InChI is InChI=1S/C17H25NO/c1-17(2)9-8-14-7-6-13(12-16(14)19-17)11-15-5-3-4-10-18-15/h6-7,12,15,18H,3-5,8-11H2,1-2H3. The van der Waals surface area contributed by atoms with Gasteiger partial charge in [-0.2, -0.15) is 0 Å². The van der Waals surface area contributed by atoms with Gasteiger partial charge in [-0.3, -0.25) is 0 Å². The molecule has 1 unspecified atom stereocenters. The van der Waals surface area contributed by atoms with Gasteiger partial charge in [0.1, 0.15) is 11.4 Å². The van der Waals surface area contributed by atoms with Crippen LogP contribution in [0.1, 0.15) is 50.7 Å². The molecule has 3 rings (SSSR count). The molecule has 1 saturated heterocycles. The van der Waals surface area contributed by atoms with E-state index in [9.17, 15) is 0 Å². The molecule has 0 bridgehead atoms. The fourth-order valence-electron chi connectivity index (χ4n) is 3.19. The summed E-state index contributed by atoms with van der Waals surface area (Å²) in [6.07, 6.45) is 7.40. The maximum atomic E-state index is 6.13. The lowest BCUT2D eigenvalue weighted by atomic mass is 9.92. The molecule has 1 aromatic carbocycles. The van der Waals surface area contributed by atoms with Gasteiger partial charge in [0.2, 0.25) is 0 Å². The van der Waals surface area contributed by atoms with Crippen LogP contribution < -0.4 is 10.1 Å². The lowest BCUT2D eigenvalue weighted by Crippen LogP contribution is -2.35. The Balaban J connectivity index is 1.73. The molecule has 1 fully saturated rings. The van der Waals surface area contributed by atoms with Gasteiger partial charge in [0, 0.05) is 6.04 Å². The molecule has 1 N–H and O–H groups in total. The van der Waals surface area contributed by atoms with E-state index in [0.29, 0.717) is 6.04 Å². The van der Waals surface area contributed by atoms with Crippen LogP contribution in [0.25, 0.3) is 0 Å². The summed E-state index contributed by atoms with van der Waals surface area (Å²) in [5.74, 6) is 1.12. The summed E-state index contributed by atoms with van der Waals surface area (Å²) >= 11 is 0. The van der Waals surface area contributed by atoms with E-state index in [1.165, 1.54) is 36.9 Å². The van der Waals surface area contributed by atoms with Crippen LogP contribution in [-0.2, 0) is 12.8 Å². The van der Waals surface area contributed by atoms with Gasteiger partial charge in [0.15, 0.2) is 0 Å². The second-order valence-corrected chi connectivity index (χ2v) is 6.65. The van der Waals surface area contributed by atoms with Crippen LogP contribution in [0.3, 0.4) is 0 Å². The summed E-state index contributed by atoms with van der Waals surface area (Å²) in [5, 5.41) is 3.62. The molecule has 0 spiro atoms. The number of ether oxygens (including phenoxy) is 1. The third kappa shape index (κ3) is 3.11. The third-order valence-electron chi connectivity index (χ3n) is 4.41. The van der Waals surface area contributed by atoms with E-state index in [-0.39, 0.29) is 5.60 Å². The van der Waals surface area contributed by atoms with Crippen LogP contribution in [0.4, 0.5) is 0 Å². The zero-order valence-electron chi connectivity index (χ0n) is 12.2. The Kier molecular flexibility index (Phi) is 3.53. The summed E-state index contributed by atoms with van der Waals surface area (Å²) in [6, 6.07) is 7.48. The van der Waals surface area contributed by atoms with E-state index in [0.717, 1.165) is 25.0 Å². The van der Waals surface area contributed by atoms with Gasteiger partial charge in [-0.25, -0.2) is 0 Å². The first-order chi connectivity index (χ1) is 9.12. The SMILES string of the molecule is CC1(C)CCc2ccc(CC3CCCCN3)cc2O1. The Labute approximate surface area is 116 Å². The average Bonchev–Trinajstić information content (AvgIpc) is 2.38. The maximum absolute atomic E-state index is 6.13. The molecule has 0 radical (unpaired) electrons. The van der Waals surface area contributed by atoms with E-state index in [1.807, 2.05) is 0 Å². The minimum Gasteiger partial charge on any atom is -0.488 e. The number of piperidine rings is 1. The minimum absolute atomic E-state index is 0.00525. The maximum Gasteiger partial charge on any atom is 0.123 e. The quantitative estimate of drug-likeness (QED) is 0.878. The van der Waals surface area contributed by atoms with E-state index < -0.39 is 0 Å². The third-order valence-corrected chi connectivity index (χ3v) is 4.41. The van der Waals surface area contributed by atoms with Crippen molar-refractivity contribution in [1.29, 1.82) is 0 Å². The predicted octanol–water partition coefficient (Wildman–Crippen LogP) is 3.47. The summed E-state index contributed by atoms with van der Waals surface area (Å²) in [7, 11) is 0. The molecule has 1 aromatic rings. The van der Waals surface area contributed by atoms with Gasteiger partial charge in [-0.1, -0.05) is 18.6 Å². The molecule has 104 valence electrons. The summed E-state index contributed by atoms with van der Waals surface area (Å²) in [4.78, 5) is 0. The predicted molar refractivity (Wildman–Crippen MR) is 78.8 cm³/mol. The lowest BCUT2D eigenvalue weighted by molar-refractivity contribution is 0.0846. The second-order valence-electron chi connectivity index (χ2n) is 6.65. The van der Waals surface area contributed by atoms with Crippen molar-refractivity contribution in [3.63, 3.8) is 0 Å². The Hall–Kier alpha value is -1.02. The highest BCUT2D eigenvalue weighted by molar-refractivity contribution is 5.40. The van der Waals surface area contributed by atoms with Crippen molar-refractivity contribution in [2.24, 2.45) is 0 Å². The zero-order chi connectivity index (χ0) is 13.3. The fourth-order valence-corrected chi connectivity index (χ4v) is 3.19. The number of hydrogen-bond acceptors (Lipinski definition) is 2. The molecule has 0 amide bonds. The van der Waals surface area contributed by atoms with Crippen LogP contribution in [0.5, 0.6) is 5.75 Å². The van der Waals surface area contributed by atoms with E-state index in [1.54, 1.807) is 0 Å². The molecule has 2 nitrogen and oxygen atoms in total. The van der Waals surface area contributed by atoms with Crippen molar-refractivity contribution in [3.05, 3.63) is 29.3 Å². The topological polar surface area (TPSA) is 21.3 Å². The monoisotopic (exact) mass is 259 g/mol. The van der Waals surface area contributed by atoms with Gasteiger partial charge >= 0.3 is 0 Å². The average molecular weight is 259 g/mol. The molecule has 19 heavy (non-hydrogen) atoms. The Bertz CT molecular complexity index is 447. The Morgan fingerprint density at radius 1 is 1.32 bits per heavy atom. The first-order valence-electron chi connectivity index (χ1n) is 7.67. The molecule has 0 aromatic heterocycles. The van der Waals surface area contributed by atoms with Crippen LogP contribution >= 0.6 is 0 Å². The van der Waals surface area contributed by atoms with Gasteiger partial charge < -0.3 is 10.1 Å². The summed E-state index contributed by atoms with van der Waals surface area (Å²) in [5.41, 5.74) is 2.78. The van der Waals surface area contributed by atoms with Crippen molar-refractivity contribution in [2.75, 3.05) is 6.54 Å². The molecule has 2 aliphatic rings. The zero-order valence-corrected chi connectivity index (χ0v) is 12.2. The van der Waals surface area contributed by atoms with Gasteiger partial charge in [-0.15, -0.1) is 0 Å². The van der Waals surface area contributed by atoms with Gasteiger partial charge in [-0.05, 0) is 69.7 Å². The molecule has 2 heteroatoms. The molecular weight excluding hydrogens is 234 g/mol. The molecule has 2 aliphatic heterocycles. The first-order valence-corrected chi connectivity index (χ1v) is 7.67. The van der Waals surface area contributed by atoms with Crippen molar-refractivity contribution < 1.29 is 4.74 Å². The van der Waals surface area contributed by atoms with Crippen LogP contribution in [0, 0.1) is 0 Å². The fraction of sp³-hybridized carbons (Fsp3) is 0.647. The highest BCUT2D eigenvalue weighted by atomic mass is 16.5. The molecule has 2 heterocycles. The van der Waals surface area contributed by atoms with Crippen molar-refractivity contribution in [2.45, 2.75) is 64.0 Å². The van der Waals surface area contributed by atoms with Crippen molar-refractivity contribution in [1.82, 2.24) is 5.32 Å². The lowest BCUT2D eigenvalue weighted by Gasteiger charge is -2.33. The molecule has 1 atom stereocenters. The van der Waals surface area contributed by atoms with E-state index in [2.05, 4.69) is 37.4 Å². The first kappa shape index (κ1) is 13.0. The summed E-state index contributed by atoms with van der Waals surface area (Å²) in [6.45, 7) is 5.55. The highest BCUT2D eigenvalue weighted by Crippen LogP contribution is 2.34. The number of aryl methyl sites for hydroxylation is 1. The smallest absolute Gasteiger partial charge is 0.123 e. The van der Waals surface area contributed by atoms with E-state index >= 15 is 0 Å². The van der Waals surface area contributed by atoms with Crippen molar-refractivity contribution in [3.8, 4) is 5.75 Å². The number of hydrogen-bond donors (Lipinski definition) is 1. The second kappa shape index (κ2) is 5.16. The Morgan fingerprint density at radius 2 is 2.21 bits per heavy atom.